The Balaban J connectivity index is 3.02. The summed E-state index contributed by atoms with van der Waals surface area (Å²) in [7, 11) is 0. The Morgan fingerprint density at radius 2 is 1.61 bits per heavy atom. The molecule has 0 saturated carbocycles. The summed E-state index contributed by atoms with van der Waals surface area (Å²) in [6.45, 7) is 7.48. The summed E-state index contributed by atoms with van der Waals surface area (Å²) in [5.41, 5.74) is 11.1. The highest BCUT2D eigenvalue weighted by Crippen LogP contribution is 2.19. The Morgan fingerprint density at radius 1 is 1.03 bits per heavy atom. The summed E-state index contributed by atoms with van der Waals surface area (Å²) in [4.78, 5) is 62.3. The molecule has 11 nitrogen and oxygen atoms in total. The lowest BCUT2D eigenvalue weighted by Crippen LogP contribution is -2.58. The number of nitrogens with zero attached hydrogens (tertiary/aromatic N) is 1. The Morgan fingerprint density at radius 3 is 2.10 bits per heavy atom. The summed E-state index contributed by atoms with van der Waals surface area (Å²) >= 11 is 0. The van der Waals surface area contributed by atoms with Crippen LogP contribution in [0, 0.1) is 11.8 Å². The average Bonchev–Trinajstić information content (AvgIpc) is 3.14. The largest absolute Gasteiger partial charge is 0.480 e. The van der Waals surface area contributed by atoms with Crippen molar-refractivity contribution in [3.8, 4) is 0 Å². The first-order chi connectivity index (χ1) is 14.3. The zero-order valence-electron chi connectivity index (χ0n) is 18.6. The lowest BCUT2D eigenvalue weighted by Gasteiger charge is -2.29. The van der Waals surface area contributed by atoms with Gasteiger partial charge in [-0.15, -0.1) is 0 Å². The number of amides is 4. The molecule has 0 aromatic rings. The van der Waals surface area contributed by atoms with Gasteiger partial charge >= 0.3 is 5.97 Å². The van der Waals surface area contributed by atoms with Crippen molar-refractivity contribution in [1.29, 1.82) is 0 Å². The van der Waals surface area contributed by atoms with Crippen LogP contribution in [0.1, 0.15) is 53.4 Å². The van der Waals surface area contributed by atoms with Crippen molar-refractivity contribution in [2.24, 2.45) is 23.3 Å². The molecule has 1 aliphatic heterocycles. The molecule has 1 aliphatic rings. The van der Waals surface area contributed by atoms with Crippen molar-refractivity contribution in [1.82, 2.24) is 15.5 Å². The summed E-state index contributed by atoms with van der Waals surface area (Å²) in [6.07, 6.45) is 0.582. The van der Waals surface area contributed by atoms with Gasteiger partial charge in [0.15, 0.2) is 0 Å². The summed E-state index contributed by atoms with van der Waals surface area (Å²) in [5.74, 6) is -3.94. The maximum atomic E-state index is 12.9. The van der Waals surface area contributed by atoms with Crippen molar-refractivity contribution < 1.29 is 29.1 Å². The van der Waals surface area contributed by atoms with Crippen LogP contribution in [0.3, 0.4) is 0 Å². The molecule has 0 aliphatic carbocycles. The molecular formula is C20H35N5O6. The third kappa shape index (κ3) is 7.82. The maximum absolute atomic E-state index is 12.9. The van der Waals surface area contributed by atoms with Crippen molar-refractivity contribution in [3.05, 3.63) is 0 Å². The Hall–Kier alpha value is -2.69. The van der Waals surface area contributed by atoms with Gasteiger partial charge in [0.25, 0.3) is 0 Å². The van der Waals surface area contributed by atoms with Crippen molar-refractivity contribution in [2.75, 3.05) is 6.54 Å². The molecule has 4 atom stereocenters. The van der Waals surface area contributed by atoms with Crippen LogP contribution in [0.5, 0.6) is 0 Å². The van der Waals surface area contributed by atoms with E-state index in [1.807, 2.05) is 13.8 Å². The fourth-order valence-corrected chi connectivity index (χ4v) is 3.43. The van der Waals surface area contributed by atoms with Gasteiger partial charge in [0.1, 0.15) is 18.1 Å². The van der Waals surface area contributed by atoms with Crippen LogP contribution in [0.4, 0.5) is 0 Å². The van der Waals surface area contributed by atoms with Crippen LogP contribution in [0.25, 0.3) is 0 Å². The van der Waals surface area contributed by atoms with Crippen LogP contribution in [-0.4, -0.2) is 70.3 Å². The van der Waals surface area contributed by atoms with Gasteiger partial charge in [0, 0.05) is 6.54 Å². The number of carbonyl (C=O) groups excluding carboxylic acids is 4. The fraction of sp³-hybridized carbons (Fsp3) is 0.750. The average molecular weight is 442 g/mol. The van der Waals surface area contributed by atoms with Gasteiger partial charge < -0.3 is 32.1 Å². The van der Waals surface area contributed by atoms with Crippen LogP contribution in [0.2, 0.25) is 0 Å². The third-order valence-electron chi connectivity index (χ3n) is 5.20. The Kier molecular flexibility index (Phi) is 9.89. The number of hydrogen-bond acceptors (Lipinski definition) is 6. The maximum Gasteiger partial charge on any atom is 0.326 e. The zero-order valence-corrected chi connectivity index (χ0v) is 18.6. The molecule has 0 aromatic heterocycles. The summed E-state index contributed by atoms with van der Waals surface area (Å²) < 4.78 is 0. The smallest absolute Gasteiger partial charge is 0.326 e. The predicted octanol–water partition coefficient (Wildman–Crippen LogP) is -1.06. The SMILES string of the molecule is CC(C)CC(NC(=O)C(N)C(C)C)C(=O)NC(CC(N)=O)C(=O)N1CCCC1C(=O)O. The minimum absolute atomic E-state index is 0.0339. The standard InChI is InChI=1S/C20H35N5O6/c1-10(2)8-12(23-18(28)16(22)11(3)4)17(27)24-13(9-15(21)26)19(29)25-7-5-6-14(25)20(30)31/h10-14,16H,5-9,22H2,1-4H3,(H2,21,26)(H,23,28)(H,24,27)(H,30,31). The molecule has 7 N–H and O–H groups in total. The molecule has 0 bridgehead atoms. The summed E-state index contributed by atoms with van der Waals surface area (Å²) in [5, 5.41) is 14.4. The first-order valence-electron chi connectivity index (χ1n) is 10.5. The molecule has 4 amide bonds. The minimum Gasteiger partial charge on any atom is -0.480 e. The molecule has 1 rings (SSSR count). The van der Waals surface area contributed by atoms with Gasteiger partial charge in [-0.25, -0.2) is 4.79 Å². The van der Waals surface area contributed by atoms with Crippen molar-refractivity contribution >= 4 is 29.6 Å². The highest BCUT2D eigenvalue weighted by atomic mass is 16.4. The highest BCUT2D eigenvalue weighted by Gasteiger charge is 2.39. The second-order valence-corrected chi connectivity index (χ2v) is 8.72. The minimum atomic E-state index is -1.32. The number of nitrogens with one attached hydrogen (secondary N) is 2. The molecule has 0 spiro atoms. The second-order valence-electron chi connectivity index (χ2n) is 8.72. The summed E-state index contributed by atoms with van der Waals surface area (Å²) in [6, 6.07) is -4.13. The molecular weight excluding hydrogens is 406 g/mol. The van der Waals surface area contributed by atoms with Gasteiger partial charge in [0.2, 0.25) is 23.6 Å². The molecule has 0 aromatic carbocycles. The first kappa shape index (κ1) is 26.3. The topological polar surface area (TPSA) is 185 Å². The van der Waals surface area contributed by atoms with E-state index in [9.17, 15) is 29.1 Å². The number of rotatable bonds is 11. The Labute approximate surface area is 182 Å². The molecule has 0 radical (unpaired) electrons. The van der Waals surface area contributed by atoms with E-state index in [1.165, 1.54) is 0 Å². The van der Waals surface area contributed by atoms with E-state index in [4.69, 9.17) is 11.5 Å². The van der Waals surface area contributed by atoms with E-state index in [2.05, 4.69) is 10.6 Å². The fourth-order valence-electron chi connectivity index (χ4n) is 3.43. The van der Waals surface area contributed by atoms with Crippen LogP contribution >= 0.6 is 0 Å². The zero-order chi connectivity index (χ0) is 23.9. The number of aliphatic carboxylic acids is 1. The monoisotopic (exact) mass is 441 g/mol. The van der Waals surface area contributed by atoms with E-state index in [1.54, 1.807) is 13.8 Å². The molecule has 4 unspecified atom stereocenters. The van der Waals surface area contributed by atoms with Gasteiger partial charge in [-0.1, -0.05) is 27.7 Å². The predicted molar refractivity (Wildman–Crippen MR) is 112 cm³/mol. The van der Waals surface area contributed by atoms with E-state index >= 15 is 0 Å². The molecule has 31 heavy (non-hydrogen) atoms. The number of carboxylic acid groups (broad SMARTS) is 1. The second kappa shape index (κ2) is 11.6. The van der Waals surface area contributed by atoms with Gasteiger partial charge in [-0.2, -0.15) is 0 Å². The van der Waals surface area contributed by atoms with E-state index in [-0.39, 0.29) is 31.2 Å². The van der Waals surface area contributed by atoms with Gasteiger partial charge in [0.05, 0.1) is 12.5 Å². The molecule has 1 heterocycles. The van der Waals surface area contributed by atoms with Gasteiger partial charge in [-0.3, -0.25) is 19.2 Å². The molecule has 176 valence electrons. The van der Waals surface area contributed by atoms with E-state index < -0.39 is 60.2 Å². The van der Waals surface area contributed by atoms with Crippen molar-refractivity contribution in [2.45, 2.75) is 77.5 Å². The number of primary amides is 1. The third-order valence-corrected chi connectivity index (χ3v) is 5.20. The van der Waals surface area contributed by atoms with Crippen LogP contribution < -0.4 is 22.1 Å². The number of likely N-dealkylation sites (tertiary alicyclic amines) is 1. The normalized spacial score (nSPS) is 19.1. The molecule has 1 saturated heterocycles. The number of hydrogen-bond donors (Lipinski definition) is 5. The van der Waals surface area contributed by atoms with Crippen LogP contribution in [-0.2, 0) is 24.0 Å². The number of carboxylic acids is 1. The Bertz CT molecular complexity index is 696. The van der Waals surface area contributed by atoms with E-state index in [0.717, 1.165) is 4.90 Å². The van der Waals surface area contributed by atoms with Crippen LogP contribution in [0.15, 0.2) is 0 Å². The molecule has 11 heteroatoms. The van der Waals surface area contributed by atoms with E-state index in [0.29, 0.717) is 6.42 Å². The quantitative estimate of drug-likeness (QED) is 0.270. The highest BCUT2D eigenvalue weighted by molar-refractivity contribution is 5.96. The van der Waals surface area contributed by atoms with Crippen molar-refractivity contribution in [3.63, 3.8) is 0 Å². The number of nitrogens with two attached hydrogens (primary N) is 2. The van der Waals surface area contributed by atoms with Gasteiger partial charge in [-0.05, 0) is 31.1 Å². The first-order valence-corrected chi connectivity index (χ1v) is 10.5. The molecule has 1 fully saturated rings. The lowest BCUT2D eigenvalue weighted by atomic mass is 10.00. The lowest BCUT2D eigenvalue weighted by molar-refractivity contribution is -0.149. The number of carbonyl (C=O) groups is 5.